The number of aliphatic imine (C=N–C) groups is 1. The fourth-order valence-corrected chi connectivity index (χ4v) is 4.05. The number of aromatic nitrogens is 1. The van der Waals surface area contributed by atoms with Crippen LogP contribution in [0.3, 0.4) is 0 Å². The maximum absolute atomic E-state index is 13.6. The minimum Gasteiger partial charge on any atom is -0.493 e. The molecule has 0 saturated carbocycles. The highest BCUT2D eigenvalue weighted by Crippen LogP contribution is 2.31. The first-order chi connectivity index (χ1) is 15.5. The topological polar surface area (TPSA) is 81.6 Å². The van der Waals surface area contributed by atoms with Gasteiger partial charge < -0.3 is 19.4 Å². The van der Waals surface area contributed by atoms with E-state index in [1.54, 1.807) is 39.9 Å². The van der Waals surface area contributed by atoms with Crippen molar-refractivity contribution in [1.29, 1.82) is 0 Å². The van der Waals surface area contributed by atoms with Crippen LogP contribution in [0.5, 0.6) is 5.75 Å². The SMILES string of the molecule is CCOc1cc(C(C)(C)C)ncc1C1=NC(C)C(C)N1C(=O)N1CCN(C(=O)N(C)C)CC1. The highest BCUT2D eigenvalue weighted by Gasteiger charge is 2.40. The monoisotopic (exact) mass is 458 g/mol. The van der Waals surface area contributed by atoms with Crippen LogP contribution in [0.1, 0.15) is 52.8 Å². The molecule has 3 heterocycles. The number of carbonyl (C=O) groups is 2. The molecule has 182 valence electrons. The van der Waals surface area contributed by atoms with E-state index in [1.165, 1.54) is 0 Å². The van der Waals surface area contributed by atoms with Crippen LogP contribution >= 0.6 is 0 Å². The molecule has 2 unspecified atom stereocenters. The van der Waals surface area contributed by atoms with Crippen LogP contribution in [0.2, 0.25) is 0 Å². The summed E-state index contributed by atoms with van der Waals surface area (Å²) >= 11 is 0. The molecule has 0 spiro atoms. The molecular formula is C24H38N6O3. The van der Waals surface area contributed by atoms with Gasteiger partial charge in [0.25, 0.3) is 0 Å². The number of urea groups is 2. The van der Waals surface area contributed by atoms with Crippen molar-refractivity contribution in [3.05, 3.63) is 23.5 Å². The lowest BCUT2D eigenvalue weighted by molar-refractivity contribution is 0.117. The van der Waals surface area contributed by atoms with Crippen molar-refractivity contribution >= 4 is 17.9 Å². The minimum atomic E-state index is -0.123. The predicted octanol–water partition coefficient (Wildman–Crippen LogP) is 3.04. The second-order valence-corrected chi connectivity index (χ2v) is 9.99. The molecule has 2 atom stereocenters. The van der Waals surface area contributed by atoms with E-state index in [9.17, 15) is 9.59 Å². The van der Waals surface area contributed by atoms with Gasteiger partial charge in [0, 0.05) is 63.6 Å². The highest BCUT2D eigenvalue weighted by molar-refractivity contribution is 6.10. The first-order valence-electron chi connectivity index (χ1n) is 11.7. The predicted molar refractivity (Wildman–Crippen MR) is 129 cm³/mol. The Morgan fingerprint density at radius 3 is 2.27 bits per heavy atom. The number of hydrogen-bond acceptors (Lipinski definition) is 5. The smallest absolute Gasteiger partial charge is 0.326 e. The Morgan fingerprint density at radius 2 is 1.73 bits per heavy atom. The number of amides is 4. The fraction of sp³-hybridized carbons (Fsp3) is 0.667. The lowest BCUT2D eigenvalue weighted by Gasteiger charge is -2.38. The first kappa shape index (κ1) is 24.8. The molecule has 2 aliphatic heterocycles. The molecule has 1 fully saturated rings. The zero-order valence-corrected chi connectivity index (χ0v) is 21.3. The number of amidine groups is 1. The van der Waals surface area contributed by atoms with E-state index in [-0.39, 0.29) is 29.6 Å². The molecule has 0 bridgehead atoms. The van der Waals surface area contributed by atoms with Crippen molar-refractivity contribution in [2.24, 2.45) is 4.99 Å². The number of hydrogen-bond donors (Lipinski definition) is 0. The summed E-state index contributed by atoms with van der Waals surface area (Å²) < 4.78 is 5.97. The van der Waals surface area contributed by atoms with E-state index in [0.717, 1.165) is 11.3 Å². The number of piperazine rings is 1. The molecule has 0 N–H and O–H groups in total. The number of nitrogens with zero attached hydrogens (tertiary/aromatic N) is 6. The Balaban J connectivity index is 1.87. The van der Waals surface area contributed by atoms with E-state index < -0.39 is 0 Å². The van der Waals surface area contributed by atoms with Gasteiger partial charge >= 0.3 is 12.1 Å². The van der Waals surface area contributed by atoms with Crippen LogP contribution in [0.4, 0.5) is 9.59 Å². The Bertz CT molecular complexity index is 915. The fourth-order valence-electron chi connectivity index (χ4n) is 4.05. The summed E-state index contributed by atoms with van der Waals surface area (Å²) in [6, 6.07) is 1.70. The molecule has 4 amide bonds. The number of carbonyl (C=O) groups excluding carboxylic acids is 2. The van der Waals surface area contributed by atoms with Gasteiger partial charge in [0.05, 0.1) is 24.3 Å². The summed E-state index contributed by atoms with van der Waals surface area (Å²) in [7, 11) is 3.48. The van der Waals surface area contributed by atoms with Crippen LogP contribution in [0.25, 0.3) is 0 Å². The van der Waals surface area contributed by atoms with Crippen molar-refractivity contribution < 1.29 is 14.3 Å². The van der Waals surface area contributed by atoms with Crippen LogP contribution in [0.15, 0.2) is 17.3 Å². The molecule has 33 heavy (non-hydrogen) atoms. The minimum absolute atomic E-state index is 0.0288. The Kier molecular flexibility index (Phi) is 7.19. The van der Waals surface area contributed by atoms with Gasteiger partial charge in [-0.25, -0.2) is 9.59 Å². The number of rotatable bonds is 3. The average molecular weight is 459 g/mol. The standard InChI is InChI=1S/C24H38N6O3/c1-9-33-19-14-20(24(4,5)6)25-15-18(19)21-26-16(2)17(3)30(21)23(32)29-12-10-28(11-13-29)22(31)27(7)8/h14-17H,9-13H2,1-8H3. The lowest BCUT2D eigenvalue weighted by Crippen LogP contribution is -2.57. The molecular weight excluding hydrogens is 420 g/mol. The van der Waals surface area contributed by atoms with Crippen molar-refractivity contribution in [3.63, 3.8) is 0 Å². The van der Waals surface area contributed by atoms with E-state index in [0.29, 0.717) is 44.4 Å². The summed E-state index contributed by atoms with van der Waals surface area (Å²) in [5.41, 5.74) is 1.53. The van der Waals surface area contributed by atoms with Crippen LogP contribution < -0.4 is 4.74 Å². The zero-order chi connectivity index (χ0) is 24.5. The molecule has 9 heteroatoms. The van der Waals surface area contributed by atoms with Crippen LogP contribution in [-0.2, 0) is 5.41 Å². The Morgan fingerprint density at radius 1 is 1.12 bits per heavy atom. The molecule has 3 rings (SSSR count). The van der Waals surface area contributed by atoms with E-state index in [2.05, 4.69) is 25.8 Å². The van der Waals surface area contributed by atoms with Crippen molar-refractivity contribution in [2.75, 3.05) is 46.9 Å². The third-order valence-corrected chi connectivity index (χ3v) is 6.24. The van der Waals surface area contributed by atoms with Gasteiger partial charge in [0.15, 0.2) is 0 Å². The summed E-state index contributed by atoms with van der Waals surface area (Å²) in [5, 5.41) is 0. The third-order valence-electron chi connectivity index (χ3n) is 6.24. The number of ether oxygens (including phenoxy) is 1. The third kappa shape index (κ3) is 5.07. The van der Waals surface area contributed by atoms with Gasteiger partial charge in [-0.05, 0) is 20.8 Å². The van der Waals surface area contributed by atoms with Gasteiger partial charge in [0.2, 0.25) is 0 Å². The molecule has 1 aromatic heterocycles. The van der Waals surface area contributed by atoms with Crippen LogP contribution in [0, 0.1) is 0 Å². The average Bonchev–Trinajstić information content (AvgIpc) is 3.06. The highest BCUT2D eigenvalue weighted by atomic mass is 16.5. The van der Waals surface area contributed by atoms with Crippen molar-refractivity contribution in [1.82, 2.24) is 24.6 Å². The molecule has 0 radical (unpaired) electrons. The maximum atomic E-state index is 13.6. The first-order valence-corrected chi connectivity index (χ1v) is 11.7. The summed E-state index contributed by atoms with van der Waals surface area (Å²) in [4.78, 5) is 42.3. The summed E-state index contributed by atoms with van der Waals surface area (Å²) in [6.45, 7) is 14.8. The molecule has 0 aliphatic carbocycles. The van der Waals surface area contributed by atoms with Crippen molar-refractivity contribution in [2.45, 2.75) is 59.0 Å². The lowest BCUT2D eigenvalue weighted by atomic mass is 9.91. The van der Waals surface area contributed by atoms with E-state index >= 15 is 0 Å². The van der Waals surface area contributed by atoms with Gasteiger partial charge in [0.1, 0.15) is 11.6 Å². The molecule has 9 nitrogen and oxygen atoms in total. The van der Waals surface area contributed by atoms with Crippen molar-refractivity contribution in [3.8, 4) is 5.75 Å². The largest absolute Gasteiger partial charge is 0.493 e. The summed E-state index contributed by atoms with van der Waals surface area (Å²) in [6.07, 6.45) is 1.78. The van der Waals surface area contributed by atoms with Gasteiger partial charge in [-0.15, -0.1) is 0 Å². The van der Waals surface area contributed by atoms with Gasteiger partial charge in [-0.3, -0.25) is 14.9 Å². The normalized spacial score (nSPS) is 21.2. The van der Waals surface area contributed by atoms with Gasteiger partial charge in [-0.1, -0.05) is 20.8 Å². The second kappa shape index (κ2) is 9.57. The number of pyridine rings is 1. The Hall–Kier alpha value is -2.84. The molecule has 2 aliphatic rings. The summed E-state index contributed by atoms with van der Waals surface area (Å²) in [5.74, 6) is 1.29. The van der Waals surface area contributed by atoms with E-state index in [1.807, 2.05) is 26.8 Å². The van der Waals surface area contributed by atoms with Crippen LogP contribution in [-0.4, -0.2) is 101 Å². The Labute approximate surface area is 197 Å². The van der Waals surface area contributed by atoms with Gasteiger partial charge in [-0.2, -0.15) is 0 Å². The molecule has 1 saturated heterocycles. The molecule has 1 aromatic rings. The second-order valence-electron chi connectivity index (χ2n) is 9.99. The van der Waals surface area contributed by atoms with E-state index in [4.69, 9.17) is 9.73 Å². The maximum Gasteiger partial charge on any atom is 0.326 e. The zero-order valence-electron chi connectivity index (χ0n) is 21.3. The quantitative estimate of drug-likeness (QED) is 0.697. The molecule has 0 aromatic carbocycles.